The molecule has 0 heterocycles. The van der Waals surface area contributed by atoms with Crippen molar-refractivity contribution in [2.75, 3.05) is 25.0 Å². The molecule has 0 saturated heterocycles. The van der Waals surface area contributed by atoms with Crippen molar-refractivity contribution in [2.45, 2.75) is 11.2 Å². The first-order chi connectivity index (χ1) is 12.5. The van der Waals surface area contributed by atoms with E-state index in [2.05, 4.69) is 44.0 Å². The fraction of sp³-hybridized carbons (Fsp3) is 0.316. The number of carboxylic acid groups (broad SMARTS) is 1. The molecule has 2 aromatic carbocycles. The van der Waals surface area contributed by atoms with E-state index in [9.17, 15) is 9.90 Å². The monoisotopic (exact) mass is 503 g/mol. The van der Waals surface area contributed by atoms with Crippen molar-refractivity contribution in [1.82, 2.24) is 4.90 Å². The first kappa shape index (κ1) is 21.1. The van der Waals surface area contributed by atoms with Crippen LogP contribution < -0.4 is 4.74 Å². The van der Waals surface area contributed by atoms with E-state index in [0.717, 1.165) is 12.0 Å². The smallest absolute Gasteiger partial charge is 0.407 e. The van der Waals surface area contributed by atoms with Gasteiger partial charge in [0.15, 0.2) is 0 Å². The normalized spacial score (nSPS) is 11.8. The van der Waals surface area contributed by atoms with Crippen LogP contribution >= 0.6 is 43.5 Å². The summed E-state index contributed by atoms with van der Waals surface area (Å²) in [6.07, 6.45) is -0.171. The third-order valence-corrected chi connectivity index (χ3v) is 6.28. The number of rotatable bonds is 9. The third kappa shape index (κ3) is 6.82. The second kappa shape index (κ2) is 10.8. The number of amides is 1. The highest BCUT2D eigenvalue weighted by atomic mass is 79.9. The molecule has 2 aromatic rings. The van der Waals surface area contributed by atoms with Crippen molar-refractivity contribution in [3.8, 4) is 5.75 Å². The molecule has 1 atom stereocenters. The molecule has 1 amide bonds. The predicted octanol–water partition coefficient (Wildman–Crippen LogP) is 5.45. The Morgan fingerprint density at radius 3 is 2.54 bits per heavy atom. The molecule has 0 aliphatic rings. The Hall–Kier alpha value is -1.24. The van der Waals surface area contributed by atoms with Gasteiger partial charge in [-0.2, -0.15) is 0 Å². The lowest BCUT2D eigenvalue weighted by Gasteiger charge is -2.21. The van der Waals surface area contributed by atoms with Gasteiger partial charge in [0.05, 0.1) is 11.6 Å². The van der Waals surface area contributed by atoms with E-state index in [1.165, 1.54) is 10.5 Å². The number of ether oxygens (including phenoxy) is 1. The Kier molecular flexibility index (Phi) is 8.75. The topological polar surface area (TPSA) is 49.8 Å². The van der Waals surface area contributed by atoms with E-state index in [1.54, 1.807) is 0 Å². The fourth-order valence-corrected chi connectivity index (χ4v) is 3.23. The zero-order valence-electron chi connectivity index (χ0n) is 14.1. The Bertz CT molecular complexity index is 715. The molecule has 140 valence electrons. The van der Waals surface area contributed by atoms with Crippen molar-refractivity contribution in [1.29, 1.82) is 0 Å². The SMILES string of the molecule is O=C(O)N(CCOc1ccc(Cc2ccccc2)cc1Cl)CC(Br)CBr. The van der Waals surface area contributed by atoms with Crippen LogP contribution in [0.5, 0.6) is 5.75 Å². The van der Waals surface area contributed by atoms with Gasteiger partial charge in [-0.3, -0.25) is 0 Å². The van der Waals surface area contributed by atoms with E-state index >= 15 is 0 Å². The maximum absolute atomic E-state index is 11.3. The van der Waals surface area contributed by atoms with E-state index in [1.807, 2.05) is 36.4 Å². The van der Waals surface area contributed by atoms with Crippen LogP contribution in [-0.2, 0) is 6.42 Å². The summed E-state index contributed by atoms with van der Waals surface area (Å²) in [6, 6.07) is 15.8. The van der Waals surface area contributed by atoms with Gasteiger partial charge in [0.2, 0.25) is 0 Å². The quantitative estimate of drug-likeness (QED) is 0.461. The van der Waals surface area contributed by atoms with Crippen molar-refractivity contribution in [3.63, 3.8) is 0 Å². The Morgan fingerprint density at radius 2 is 1.92 bits per heavy atom. The lowest BCUT2D eigenvalue weighted by Crippen LogP contribution is -2.38. The zero-order chi connectivity index (χ0) is 18.9. The molecular formula is C19H20Br2ClNO3. The van der Waals surface area contributed by atoms with Gasteiger partial charge in [-0.25, -0.2) is 4.79 Å². The zero-order valence-corrected chi connectivity index (χ0v) is 18.0. The summed E-state index contributed by atoms with van der Waals surface area (Å²) in [6.45, 7) is 0.895. The molecule has 2 rings (SSSR count). The van der Waals surface area contributed by atoms with Crippen LogP contribution in [0.3, 0.4) is 0 Å². The standard InChI is InChI=1S/C19H20Br2ClNO3/c20-12-16(21)13-23(19(24)25)8-9-26-18-7-6-15(11-17(18)22)10-14-4-2-1-3-5-14/h1-7,11,16H,8-10,12-13H2,(H,24,25). The summed E-state index contributed by atoms with van der Waals surface area (Å²) >= 11 is 13.0. The van der Waals surface area contributed by atoms with Crippen molar-refractivity contribution < 1.29 is 14.6 Å². The molecule has 0 spiro atoms. The van der Waals surface area contributed by atoms with Gasteiger partial charge in [0.25, 0.3) is 0 Å². The van der Waals surface area contributed by atoms with Crippen LogP contribution in [0.15, 0.2) is 48.5 Å². The van der Waals surface area contributed by atoms with Crippen LogP contribution in [0.2, 0.25) is 5.02 Å². The lowest BCUT2D eigenvalue weighted by atomic mass is 10.1. The number of carbonyl (C=O) groups is 1. The van der Waals surface area contributed by atoms with Gasteiger partial charge in [-0.1, -0.05) is 79.9 Å². The molecule has 0 saturated carbocycles. The first-order valence-corrected chi connectivity index (χ1v) is 10.5. The minimum atomic E-state index is -0.969. The Morgan fingerprint density at radius 1 is 1.19 bits per heavy atom. The maximum Gasteiger partial charge on any atom is 0.407 e. The van der Waals surface area contributed by atoms with Gasteiger partial charge < -0.3 is 14.7 Å². The molecule has 0 aromatic heterocycles. The molecule has 7 heteroatoms. The van der Waals surface area contributed by atoms with Gasteiger partial charge >= 0.3 is 6.09 Å². The maximum atomic E-state index is 11.3. The first-order valence-electron chi connectivity index (χ1n) is 8.12. The van der Waals surface area contributed by atoms with Gasteiger partial charge in [-0.15, -0.1) is 0 Å². The minimum Gasteiger partial charge on any atom is -0.490 e. The average molecular weight is 506 g/mol. The van der Waals surface area contributed by atoms with E-state index in [-0.39, 0.29) is 18.0 Å². The summed E-state index contributed by atoms with van der Waals surface area (Å²) < 4.78 is 5.67. The summed E-state index contributed by atoms with van der Waals surface area (Å²) in [5, 5.41) is 10.5. The number of hydrogen-bond donors (Lipinski definition) is 1. The highest BCUT2D eigenvalue weighted by Crippen LogP contribution is 2.26. The van der Waals surface area contributed by atoms with Gasteiger partial charge in [-0.05, 0) is 29.7 Å². The average Bonchev–Trinajstić information content (AvgIpc) is 2.63. The number of benzene rings is 2. The predicted molar refractivity (Wildman–Crippen MR) is 112 cm³/mol. The van der Waals surface area contributed by atoms with Crippen molar-refractivity contribution in [3.05, 3.63) is 64.7 Å². The second-order valence-electron chi connectivity index (χ2n) is 5.76. The summed E-state index contributed by atoms with van der Waals surface area (Å²) in [4.78, 5) is 12.7. The number of alkyl halides is 2. The summed E-state index contributed by atoms with van der Waals surface area (Å²) in [5.41, 5.74) is 2.31. The van der Waals surface area contributed by atoms with Crippen LogP contribution in [0.4, 0.5) is 4.79 Å². The second-order valence-corrected chi connectivity index (χ2v) is 8.11. The van der Waals surface area contributed by atoms with Gasteiger partial charge in [0.1, 0.15) is 12.4 Å². The molecule has 1 N–H and O–H groups in total. The minimum absolute atomic E-state index is 0.0551. The number of halogens is 3. The molecule has 0 aliphatic carbocycles. The fourth-order valence-electron chi connectivity index (χ4n) is 2.42. The van der Waals surface area contributed by atoms with Crippen LogP contribution in [0.1, 0.15) is 11.1 Å². The lowest BCUT2D eigenvalue weighted by molar-refractivity contribution is 0.136. The van der Waals surface area contributed by atoms with Crippen LogP contribution in [0.25, 0.3) is 0 Å². The molecule has 4 nitrogen and oxygen atoms in total. The molecule has 0 aliphatic heterocycles. The molecule has 26 heavy (non-hydrogen) atoms. The molecular weight excluding hydrogens is 485 g/mol. The van der Waals surface area contributed by atoms with E-state index in [0.29, 0.717) is 22.6 Å². The highest BCUT2D eigenvalue weighted by molar-refractivity contribution is 9.12. The molecule has 0 fully saturated rings. The van der Waals surface area contributed by atoms with Crippen LogP contribution in [0, 0.1) is 0 Å². The van der Waals surface area contributed by atoms with Crippen molar-refractivity contribution >= 4 is 49.6 Å². The van der Waals surface area contributed by atoms with Crippen molar-refractivity contribution in [2.24, 2.45) is 0 Å². The van der Waals surface area contributed by atoms with E-state index in [4.69, 9.17) is 16.3 Å². The molecule has 0 bridgehead atoms. The molecule has 0 radical (unpaired) electrons. The largest absolute Gasteiger partial charge is 0.490 e. The number of hydrogen-bond acceptors (Lipinski definition) is 2. The van der Waals surface area contributed by atoms with Gasteiger partial charge in [0, 0.05) is 16.7 Å². The highest BCUT2D eigenvalue weighted by Gasteiger charge is 2.16. The molecule has 1 unspecified atom stereocenters. The summed E-state index contributed by atoms with van der Waals surface area (Å²) in [7, 11) is 0. The Labute approximate surface area is 175 Å². The third-order valence-electron chi connectivity index (χ3n) is 3.72. The Balaban J connectivity index is 1.90. The number of nitrogens with zero attached hydrogens (tertiary/aromatic N) is 1. The van der Waals surface area contributed by atoms with E-state index < -0.39 is 6.09 Å². The summed E-state index contributed by atoms with van der Waals surface area (Å²) in [5.74, 6) is 0.560. The van der Waals surface area contributed by atoms with Crippen LogP contribution in [-0.4, -0.2) is 46.0 Å².